The van der Waals surface area contributed by atoms with Gasteiger partial charge in [0, 0.05) is 12.0 Å². The van der Waals surface area contributed by atoms with Gasteiger partial charge in [-0.1, -0.05) is 6.58 Å². The Bertz CT molecular complexity index is 780. The molecule has 0 aromatic heterocycles. The van der Waals surface area contributed by atoms with Crippen molar-refractivity contribution in [3.05, 3.63) is 12.2 Å². The highest BCUT2D eigenvalue weighted by atomic mass is 16.8. The zero-order chi connectivity index (χ0) is 27.9. The van der Waals surface area contributed by atoms with Crippen molar-refractivity contribution in [2.45, 2.75) is 93.6 Å². The van der Waals surface area contributed by atoms with E-state index in [9.17, 15) is 45.3 Å². The summed E-state index contributed by atoms with van der Waals surface area (Å²) < 4.78 is 22.2. The number of hydrogen-bond donors (Lipinski definition) is 9. The first-order valence-corrected chi connectivity index (χ1v) is 11.8. The summed E-state index contributed by atoms with van der Waals surface area (Å²) in [6.45, 7) is 2.77. The van der Waals surface area contributed by atoms with Gasteiger partial charge in [0.05, 0.1) is 13.2 Å². The molecule has 0 bridgehead atoms. The molecule has 15 nitrogen and oxygen atoms in total. The van der Waals surface area contributed by atoms with Gasteiger partial charge in [0.25, 0.3) is 0 Å². The molecule has 15 heteroatoms. The van der Waals surface area contributed by atoms with Gasteiger partial charge in [-0.2, -0.15) is 0 Å². The van der Waals surface area contributed by atoms with Gasteiger partial charge in [-0.15, -0.1) is 0 Å². The number of aliphatic hydroxyl groups excluding tert-OH is 7. The van der Waals surface area contributed by atoms with Gasteiger partial charge in [-0.25, -0.2) is 0 Å². The zero-order valence-electron chi connectivity index (χ0n) is 20.4. The summed E-state index contributed by atoms with van der Waals surface area (Å²) in [6, 6.07) is 0. The Hall–Kier alpha value is -1.76. The van der Waals surface area contributed by atoms with Gasteiger partial charge >= 0.3 is 5.97 Å². The summed E-state index contributed by atoms with van der Waals surface area (Å²) in [4.78, 5) is 23.0. The molecule has 0 saturated carbocycles. The molecule has 1 amide bonds. The van der Waals surface area contributed by atoms with Crippen molar-refractivity contribution in [2.24, 2.45) is 0 Å². The van der Waals surface area contributed by atoms with Gasteiger partial charge in [-0.05, 0) is 26.2 Å². The third-order valence-corrected chi connectivity index (χ3v) is 6.12. The van der Waals surface area contributed by atoms with Crippen LogP contribution < -0.4 is 5.32 Å². The molecule has 0 aromatic rings. The number of carboxylic acids is 1. The number of carbonyl (C=O) groups is 2. The Morgan fingerprint density at radius 1 is 1.00 bits per heavy atom. The Kier molecular flexibility index (Phi) is 11.8. The summed E-state index contributed by atoms with van der Waals surface area (Å²) in [6.07, 6.45) is -13.9. The molecular formula is C22H37NO14. The maximum atomic E-state index is 12.2. The molecule has 37 heavy (non-hydrogen) atoms. The number of hydrogen-bond acceptors (Lipinski definition) is 13. The minimum atomic E-state index is -2.31. The minimum absolute atomic E-state index is 0.114. The third kappa shape index (κ3) is 7.87. The molecule has 0 aliphatic carbocycles. The lowest BCUT2D eigenvalue weighted by Gasteiger charge is -2.43. The Morgan fingerprint density at radius 2 is 1.65 bits per heavy atom. The van der Waals surface area contributed by atoms with Crippen molar-refractivity contribution >= 4 is 11.9 Å². The molecule has 0 aromatic carbocycles. The van der Waals surface area contributed by atoms with Crippen LogP contribution in [0.1, 0.15) is 32.6 Å². The molecule has 2 heterocycles. The van der Waals surface area contributed by atoms with E-state index in [2.05, 4.69) is 11.9 Å². The second-order valence-electron chi connectivity index (χ2n) is 9.09. The predicted molar refractivity (Wildman–Crippen MR) is 120 cm³/mol. The lowest BCUT2D eigenvalue weighted by molar-refractivity contribution is -0.387. The molecule has 2 saturated heterocycles. The van der Waals surface area contributed by atoms with Crippen LogP contribution in [0.25, 0.3) is 0 Å². The molecule has 10 atom stereocenters. The predicted octanol–water partition coefficient (Wildman–Crippen LogP) is -3.71. The SMILES string of the molecule is C=C(C)C(=O)NC(CCCCC(=O)O)OC[C@@]1(O[C@H]2O[C@H](CO)[C@@H](O)[C@H](O)[C@H]2O)O[C@H](CO)[C@@H](O)[C@@H]1O. The number of aliphatic hydroxyl groups is 7. The lowest BCUT2D eigenvalue weighted by atomic mass is 9.99. The molecular weight excluding hydrogens is 502 g/mol. The van der Waals surface area contributed by atoms with Crippen LogP contribution in [0.3, 0.4) is 0 Å². The molecule has 9 N–H and O–H groups in total. The number of rotatable bonds is 14. The average Bonchev–Trinajstić information content (AvgIpc) is 3.09. The molecule has 1 unspecified atom stereocenters. The van der Waals surface area contributed by atoms with Crippen LogP contribution in [-0.2, 0) is 28.5 Å². The summed E-state index contributed by atoms with van der Waals surface area (Å²) in [5.41, 5.74) is 0.152. The van der Waals surface area contributed by atoms with Crippen molar-refractivity contribution in [2.75, 3.05) is 19.8 Å². The molecule has 2 aliphatic rings. The zero-order valence-corrected chi connectivity index (χ0v) is 20.4. The van der Waals surface area contributed by atoms with E-state index in [1.165, 1.54) is 6.92 Å². The first kappa shape index (κ1) is 31.5. The summed E-state index contributed by atoms with van der Waals surface area (Å²) >= 11 is 0. The Balaban J connectivity index is 2.24. The van der Waals surface area contributed by atoms with Crippen LogP contribution in [0.5, 0.6) is 0 Å². The van der Waals surface area contributed by atoms with E-state index in [1.807, 2.05) is 0 Å². The van der Waals surface area contributed by atoms with E-state index < -0.39 is 92.7 Å². The maximum absolute atomic E-state index is 12.2. The number of carbonyl (C=O) groups excluding carboxylic acids is 1. The van der Waals surface area contributed by atoms with Crippen molar-refractivity contribution in [3.8, 4) is 0 Å². The van der Waals surface area contributed by atoms with Crippen molar-refractivity contribution in [1.29, 1.82) is 0 Å². The van der Waals surface area contributed by atoms with Gasteiger partial charge in [0.2, 0.25) is 11.7 Å². The van der Waals surface area contributed by atoms with Gasteiger partial charge in [-0.3, -0.25) is 9.59 Å². The van der Waals surface area contributed by atoms with Crippen LogP contribution in [0.15, 0.2) is 12.2 Å². The van der Waals surface area contributed by atoms with Gasteiger partial charge in [0.15, 0.2) is 6.29 Å². The second kappa shape index (κ2) is 13.9. The third-order valence-electron chi connectivity index (χ3n) is 6.12. The molecule has 2 aliphatic heterocycles. The van der Waals surface area contributed by atoms with Gasteiger partial charge in [0.1, 0.15) is 55.6 Å². The van der Waals surface area contributed by atoms with E-state index in [-0.39, 0.29) is 24.8 Å². The first-order chi connectivity index (χ1) is 17.4. The molecule has 2 rings (SSSR count). The number of ether oxygens (including phenoxy) is 4. The van der Waals surface area contributed by atoms with Crippen LogP contribution >= 0.6 is 0 Å². The minimum Gasteiger partial charge on any atom is -0.481 e. The van der Waals surface area contributed by atoms with Crippen LogP contribution in [0.4, 0.5) is 0 Å². The topological polar surface area (TPSA) is 245 Å². The first-order valence-electron chi connectivity index (χ1n) is 11.8. The van der Waals surface area contributed by atoms with E-state index >= 15 is 0 Å². The van der Waals surface area contributed by atoms with Crippen LogP contribution in [0.2, 0.25) is 0 Å². The average molecular weight is 540 g/mol. The Morgan fingerprint density at radius 3 is 2.19 bits per heavy atom. The normalized spacial score (nSPS) is 36.8. The molecule has 214 valence electrons. The van der Waals surface area contributed by atoms with Crippen LogP contribution in [0, 0.1) is 0 Å². The molecule has 0 radical (unpaired) electrons. The number of unbranched alkanes of at least 4 members (excludes halogenated alkanes) is 1. The van der Waals surface area contributed by atoms with Crippen molar-refractivity contribution in [3.63, 3.8) is 0 Å². The highest BCUT2D eigenvalue weighted by Gasteiger charge is 2.59. The van der Waals surface area contributed by atoms with E-state index in [0.717, 1.165) is 0 Å². The lowest BCUT2D eigenvalue weighted by Crippen LogP contribution is -2.63. The highest BCUT2D eigenvalue weighted by molar-refractivity contribution is 5.92. The van der Waals surface area contributed by atoms with E-state index in [1.54, 1.807) is 0 Å². The van der Waals surface area contributed by atoms with Crippen molar-refractivity contribution in [1.82, 2.24) is 5.32 Å². The Labute approximate surface area is 212 Å². The fourth-order valence-electron chi connectivity index (χ4n) is 3.91. The molecule has 2 fully saturated rings. The number of amides is 1. The monoisotopic (exact) mass is 539 g/mol. The van der Waals surface area contributed by atoms with Gasteiger partial charge < -0.3 is 65.1 Å². The quantitative estimate of drug-likeness (QED) is 0.0586. The maximum Gasteiger partial charge on any atom is 0.303 e. The number of aliphatic carboxylic acids is 1. The standard InChI is InChI=1S/C22H37NO14/c1-10(2)20(33)23-13(5-3-4-6-14(26)27)34-9-22(19(32)16(29)12(8-25)36-22)37-21-18(31)17(30)15(28)11(7-24)35-21/h11-13,15-19,21,24-25,28-32H,1,3-9H2,2H3,(H,23,33)(H,26,27)/t11-,12-,13?,15-,16-,17+,18-,19+,21-,22+/m1/s1. The summed E-state index contributed by atoms with van der Waals surface area (Å²) in [7, 11) is 0. The fourth-order valence-corrected chi connectivity index (χ4v) is 3.91. The molecule has 0 spiro atoms. The smallest absolute Gasteiger partial charge is 0.303 e. The number of nitrogens with one attached hydrogen (secondary N) is 1. The fraction of sp³-hybridized carbons (Fsp3) is 0.818. The van der Waals surface area contributed by atoms with Crippen molar-refractivity contribution < 1.29 is 69.4 Å². The number of carboxylic acid groups (broad SMARTS) is 1. The largest absolute Gasteiger partial charge is 0.481 e. The van der Waals surface area contributed by atoms with E-state index in [4.69, 9.17) is 24.1 Å². The van der Waals surface area contributed by atoms with Crippen LogP contribution in [-0.4, -0.2) is 134 Å². The second-order valence-corrected chi connectivity index (χ2v) is 9.09. The van der Waals surface area contributed by atoms with E-state index in [0.29, 0.717) is 6.42 Å². The highest BCUT2D eigenvalue weighted by Crippen LogP contribution is 2.37. The summed E-state index contributed by atoms with van der Waals surface area (Å²) in [5.74, 6) is -3.89. The summed E-state index contributed by atoms with van der Waals surface area (Å²) in [5, 5.41) is 81.9.